The molecule has 5 nitrogen and oxygen atoms in total. The molecule has 27 heavy (non-hydrogen) atoms. The zero-order valence-corrected chi connectivity index (χ0v) is 15.0. The van der Waals surface area contributed by atoms with Crippen LogP contribution >= 0.6 is 0 Å². The number of nitrogens with one attached hydrogen (secondary N) is 1. The van der Waals surface area contributed by atoms with Crippen LogP contribution in [0.25, 0.3) is 0 Å². The van der Waals surface area contributed by atoms with Crippen molar-refractivity contribution in [3.05, 3.63) is 59.7 Å². The molecule has 0 aromatic heterocycles. The smallest absolute Gasteiger partial charge is 0.233 e. The molecule has 0 aliphatic carbocycles. The predicted octanol–water partition coefficient (Wildman–Crippen LogP) is 2.95. The van der Waals surface area contributed by atoms with E-state index in [1.807, 2.05) is 25.1 Å². The number of nitrogens with zero attached hydrogens (tertiary/aromatic N) is 2. The summed E-state index contributed by atoms with van der Waals surface area (Å²) in [4.78, 5) is 28.2. The van der Waals surface area contributed by atoms with Crippen molar-refractivity contribution in [1.82, 2.24) is 4.90 Å². The van der Waals surface area contributed by atoms with Crippen LogP contribution in [0.2, 0.25) is 0 Å². The van der Waals surface area contributed by atoms with E-state index >= 15 is 0 Å². The van der Waals surface area contributed by atoms with Gasteiger partial charge in [0.2, 0.25) is 11.8 Å². The van der Waals surface area contributed by atoms with E-state index in [-0.39, 0.29) is 18.0 Å². The lowest BCUT2D eigenvalue weighted by molar-refractivity contribution is -0.134. The van der Waals surface area contributed by atoms with Gasteiger partial charge in [0, 0.05) is 43.6 Å². The van der Waals surface area contributed by atoms with Crippen molar-refractivity contribution < 1.29 is 18.4 Å². The van der Waals surface area contributed by atoms with Crippen molar-refractivity contribution in [2.75, 3.05) is 36.4 Å². The molecule has 1 aliphatic rings. The second kappa shape index (κ2) is 8.16. The highest BCUT2D eigenvalue weighted by molar-refractivity contribution is 6.03. The van der Waals surface area contributed by atoms with Gasteiger partial charge < -0.3 is 15.1 Å². The van der Waals surface area contributed by atoms with Gasteiger partial charge in [-0.3, -0.25) is 9.59 Å². The molecule has 0 radical (unpaired) electrons. The van der Waals surface area contributed by atoms with Gasteiger partial charge >= 0.3 is 0 Å². The molecular weight excluding hydrogens is 352 g/mol. The summed E-state index contributed by atoms with van der Waals surface area (Å²) in [6, 6.07) is 11.3. The van der Waals surface area contributed by atoms with E-state index in [0.717, 1.165) is 17.8 Å². The summed E-state index contributed by atoms with van der Waals surface area (Å²) in [6.45, 7) is 4.49. The minimum absolute atomic E-state index is 0.121. The van der Waals surface area contributed by atoms with E-state index in [4.69, 9.17) is 0 Å². The predicted molar refractivity (Wildman–Crippen MR) is 99.6 cm³/mol. The molecule has 1 saturated heterocycles. The van der Waals surface area contributed by atoms with Crippen molar-refractivity contribution in [3.63, 3.8) is 0 Å². The van der Waals surface area contributed by atoms with Crippen molar-refractivity contribution >= 4 is 23.2 Å². The fraction of sp³-hybridized carbons (Fsp3) is 0.300. The number of halogens is 2. The zero-order chi connectivity index (χ0) is 19.4. The van der Waals surface area contributed by atoms with E-state index in [0.29, 0.717) is 26.2 Å². The van der Waals surface area contributed by atoms with Crippen LogP contribution in [0.3, 0.4) is 0 Å². The number of hydrogen-bond donors (Lipinski definition) is 1. The number of rotatable bonds is 4. The minimum atomic E-state index is -1.05. The van der Waals surface area contributed by atoms with Gasteiger partial charge in [0.1, 0.15) is 6.42 Å². The molecule has 1 N–H and O–H groups in total. The Morgan fingerprint density at radius 1 is 1.00 bits per heavy atom. The van der Waals surface area contributed by atoms with Crippen LogP contribution in [0.15, 0.2) is 42.5 Å². The summed E-state index contributed by atoms with van der Waals surface area (Å²) in [7, 11) is 0. The Balaban J connectivity index is 1.50. The van der Waals surface area contributed by atoms with E-state index in [2.05, 4.69) is 16.3 Å². The van der Waals surface area contributed by atoms with Crippen LogP contribution < -0.4 is 10.2 Å². The second-order valence-corrected chi connectivity index (χ2v) is 6.56. The number of aryl methyl sites for hydroxylation is 1. The maximum atomic E-state index is 13.2. The van der Waals surface area contributed by atoms with Gasteiger partial charge in [-0.05, 0) is 36.8 Å². The van der Waals surface area contributed by atoms with E-state index in [1.165, 1.54) is 11.6 Å². The van der Waals surface area contributed by atoms with Crippen LogP contribution in [0.1, 0.15) is 12.0 Å². The van der Waals surface area contributed by atoms with Crippen LogP contribution in [0.4, 0.5) is 20.2 Å². The molecule has 2 aromatic rings. The van der Waals surface area contributed by atoms with Crippen molar-refractivity contribution in [2.24, 2.45) is 0 Å². The van der Waals surface area contributed by atoms with Crippen molar-refractivity contribution in [2.45, 2.75) is 13.3 Å². The Labute approximate surface area is 156 Å². The highest BCUT2D eigenvalue weighted by atomic mass is 19.2. The quantitative estimate of drug-likeness (QED) is 0.839. The maximum Gasteiger partial charge on any atom is 0.233 e. The van der Waals surface area contributed by atoms with Crippen molar-refractivity contribution in [1.29, 1.82) is 0 Å². The zero-order valence-electron chi connectivity index (χ0n) is 15.0. The lowest BCUT2D eigenvalue weighted by Crippen LogP contribution is -2.49. The van der Waals surface area contributed by atoms with Gasteiger partial charge in [-0.2, -0.15) is 0 Å². The summed E-state index contributed by atoms with van der Waals surface area (Å²) in [5.74, 6) is -2.87. The number of hydrogen-bond acceptors (Lipinski definition) is 3. The Bertz CT molecular complexity index is 849. The first-order chi connectivity index (χ1) is 12.9. The van der Waals surface area contributed by atoms with Crippen LogP contribution in [-0.2, 0) is 9.59 Å². The molecule has 1 aliphatic heterocycles. The lowest BCUT2D eigenvalue weighted by atomic mass is 10.2. The SMILES string of the molecule is Cc1cccc(N2CCN(C(=O)CC(=O)Nc3ccc(F)c(F)c3)CC2)c1. The normalized spacial score (nSPS) is 14.2. The number of piperazine rings is 1. The largest absolute Gasteiger partial charge is 0.368 e. The molecule has 0 bridgehead atoms. The molecule has 142 valence electrons. The van der Waals surface area contributed by atoms with Gasteiger partial charge in [0.15, 0.2) is 11.6 Å². The number of amides is 2. The fourth-order valence-corrected chi connectivity index (χ4v) is 3.07. The average Bonchev–Trinajstić information content (AvgIpc) is 2.65. The summed E-state index contributed by atoms with van der Waals surface area (Å²) < 4.78 is 26.1. The number of carbonyl (C=O) groups is 2. The standard InChI is InChI=1S/C20H21F2N3O2/c1-14-3-2-4-16(11-14)24-7-9-25(10-8-24)20(27)13-19(26)23-15-5-6-17(21)18(22)12-15/h2-6,11-12H,7-10,13H2,1H3,(H,23,26). The number of benzene rings is 2. The van der Waals surface area contributed by atoms with Crippen LogP contribution in [-0.4, -0.2) is 42.9 Å². The van der Waals surface area contributed by atoms with E-state index < -0.39 is 17.5 Å². The van der Waals surface area contributed by atoms with Crippen molar-refractivity contribution in [3.8, 4) is 0 Å². The topological polar surface area (TPSA) is 52.7 Å². The summed E-state index contributed by atoms with van der Waals surface area (Å²) in [5.41, 5.74) is 2.43. The van der Waals surface area contributed by atoms with Gasteiger partial charge in [0.05, 0.1) is 0 Å². The summed E-state index contributed by atoms with van der Waals surface area (Å²) in [5, 5.41) is 2.42. The molecule has 0 unspecified atom stereocenters. The third kappa shape index (κ3) is 4.81. The molecule has 0 saturated carbocycles. The second-order valence-electron chi connectivity index (χ2n) is 6.56. The van der Waals surface area contributed by atoms with Crippen LogP contribution in [0, 0.1) is 18.6 Å². The molecule has 1 heterocycles. The first-order valence-electron chi connectivity index (χ1n) is 8.76. The molecule has 0 spiro atoms. The Morgan fingerprint density at radius 2 is 1.74 bits per heavy atom. The summed E-state index contributed by atoms with van der Waals surface area (Å²) in [6.07, 6.45) is -0.330. The first-order valence-corrected chi connectivity index (χ1v) is 8.76. The fourth-order valence-electron chi connectivity index (χ4n) is 3.07. The van der Waals surface area contributed by atoms with Crippen LogP contribution in [0.5, 0.6) is 0 Å². The molecule has 2 aromatic carbocycles. The maximum absolute atomic E-state index is 13.2. The molecular formula is C20H21F2N3O2. The van der Waals surface area contributed by atoms with Gasteiger partial charge in [-0.1, -0.05) is 12.1 Å². The Morgan fingerprint density at radius 3 is 2.41 bits per heavy atom. The Kier molecular flexibility index (Phi) is 5.69. The van der Waals surface area contributed by atoms with Gasteiger partial charge in [-0.15, -0.1) is 0 Å². The highest BCUT2D eigenvalue weighted by Gasteiger charge is 2.23. The summed E-state index contributed by atoms with van der Waals surface area (Å²) >= 11 is 0. The highest BCUT2D eigenvalue weighted by Crippen LogP contribution is 2.18. The molecule has 1 fully saturated rings. The molecule has 2 amide bonds. The number of carbonyl (C=O) groups excluding carboxylic acids is 2. The lowest BCUT2D eigenvalue weighted by Gasteiger charge is -2.36. The number of anilines is 2. The minimum Gasteiger partial charge on any atom is -0.368 e. The third-order valence-corrected chi connectivity index (χ3v) is 4.51. The molecule has 3 rings (SSSR count). The van der Waals surface area contributed by atoms with Gasteiger partial charge in [0.25, 0.3) is 0 Å². The monoisotopic (exact) mass is 373 g/mol. The van der Waals surface area contributed by atoms with Gasteiger partial charge in [-0.25, -0.2) is 8.78 Å². The van der Waals surface area contributed by atoms with E-state index in [1.54, 1.807) is 4.90 Å². The Hall–Kier alpha value is -2.96. The third-order valence-electron chi connectivity index (χ3n) is 4.51. The molecule has 0 atom stereocenters. The first kappa shape index (κ1) is 18.8. The van der Waals surface area contributed by atoms with E-state index in [9.17, 15) is 18.4 Å². The molecule has 7 heteroatoms. The average molecular weight is 373 g/mol.